The van der Waals surface area contributed by atoms with Crippen LogP contribution < -0.4 is 20.3 Å². The minimum atomic E-state index is -4.87. The molecule has 1 aliphatic heterocycles. The number of hydrogen-bond donors (Lipinski definition) is 2. The first-order valence-electron chi connectivity index (χ1n) is 12.8. The molecule has 0 bridgehead atoms. The second kappa shape index (κ2) is 13.6. The number of rotatable bonds is 10. The van der Waals surface area contributed by atoms with Crippen LogP contribution in [0.4, 0.5) is 28.9 Å². The van der Waals surface area contributed by atoms with Crippen molar-refractivity contribution >= 4 is 23.0 Å². The van der Waals surface area contributed by atoms with Crippen molar-refractivity contribution in [1.29, 1.82) is 0 Å². The van der Waals surface area contributed by atoms with Crippen molar-refractivity contribution in [3.05, 3.63) is 59.9 Å². The van der Waals surface area contributed by atoms with Crippen molar-refractivity contribution in [2.45, 2.75) is 32.0 Å². The fourth-order valence-corrected chi connectivity index (χ4v) is 4.41. The van der Waals surface area contributed by atoms with Gasteiger partial charge in [0, 0.05) is 39.3 Å². The molecular formula is C28H35F4N5O2. The third kappa shape index (κ3) is 7.57. The first kappa shape index (κ1) is 30.1. The molecule has 212 valence electrons. The molecule has 11 heteroatoms. The van der Waals surface area contributed by atoms with Gasteiger partial charge in [0.1, 0.15) is 17.0 Å². The van der Waals surface area contributed by atoms with Gasteiger partial charge >= 0.3 is 6.18 Å². The number of likely N-dealkylation sites (N-methyl/N-ethyl adjacent to an activating group) is 2. The number of carbonyl (C=O) groups is 1. The van der Waals surface area contributed by atoms with Crippen molar-refractivity contribution in [1.82, 2.24) is 10.2 Å². The molecule has 39 heavy (non-hydrogen) atoms. The molecule has 0 saturated carbocycles. The number of aliphatic imine (C=N–C) groups is 1. The van der Waals surface area contributed by atoms with E-state index < -0.39 is 29.2 Å². The van der Waals surface area contributed by atoms with Crippen LogP contribution in [0, 0.1) is 5.82 Å². The summed E-state index contributed by atoms with van der Waals surface area (Å²) in [6, 6.07) is 7.63. The molecule has 2 aromatic carbocycles. The van der Waals surface area contributed by atoms with Crippen molar-refractivity contribution in [3.8, 4) is 11.5 Å². The van der Waals surface area contributed by atoms with Gasteiger partial charge in [0.05, 0.1) is 11.4 Å². The number of nitrogens with zero attached hydrogens (tertiary/aromatic N) is 3. The van der Waals surface area contributed by atoms with Crippen molar-refractivity contribution in [2.75, 3.05) is 57.5 Å². The quantitative estimate of drug-likeness (QED) is 0.309. The summed E-state index contributed by atoms with van der Waals surface area (Å²) in [7, 11) is 5.14. The van der Waals surface area contributed by atoms with E-state index in [2.05, 4.69) is 20.5 Å². The predicted molar refractivity (Wildman–Crippen MR) is 147 cm³/mol. The van der Waals surface area contributed by atoms with E-state index in [1.54, 1.807) is 24.1 Å². The van der Waals surface area contributed by atoms with E-state index >= 15 is 0 Å². The Morgan fingerprint density at radius 3 is 2.56 bits per heavy atom. The Bertz CT molecular complexity index is 1200. The molecule has 3 rings (SSSR count). The maximum absolute atomic E-state index is 14.8. The number of halogens is 4. The summed E-state index contributed by atoms with van der Waals surface area (Å²) in [6.07, 6.45) is 0.0673. The molecule has 1 aliphatic rings. The SMILES string of the molecule is CCC/C=C\C(=N/C)C(=O)Nc1ccc(Oc2ccccc2F)c(C(F)(F)F)c1N1CCN(C)[C@@H](CNC)C1. The highest BCUT2D eigenvalue weighted by atomic mass is 19.4. The van der Waals surface area contributed by atoms with Crippen LogP contribution in [0.5, 0.6) is 11.5 Å². The number of benzene rings is 2. The van der Waals surface area contributed by atoms with Crippen molar-refractivity contribution in [3.63, 3.8) is 0 Å². The summed E-state index contributed by atoms with van der Waals surface area (Å²) in [4.78, 5) is 20.8. The third-order valence-electron chi connectivity index (χ3n) is 6.47. The summed E-state index contributed by atoms with van der Waals surface area (Å²) < 4.78 is 64.1. The maximum Gasteiger partial charge on any atom is 0.422 e. The Balaban J connectivity index is 2.14. The van der Waals surface area contributed by atoms with E-state index in [1.807, 2.05) is 14.0 Å². The van der Waals surface area contributed by atoms with Crippen LogP contribution in [0.15, 0.2) is 53.5 Å². The number of ether oxygens (including phenoxy) is 1. The van der Waals surface area contributed by atoms with Gasteiger partial charge < -0.3 is 20.3 Å². The highest BCUT2D eigenvalue weighted by Crippen LogP contribution is 2.48. The zero-order valence-corrected chi connectivity index (χ0v) is 22.6. The Kier molecular flexibility index (Phi) is 10.5. The molecular weight excluding hydrogens is 514 g/mol. The van der Waals surface area contributed by atoms with Crippen LogP contribution in [0.2, 0.25) is 0 Å². The van der Waals surface area contributed by atoms with E-state index in [1.165, 1.54) is 31.3 Å². The minimum absolute atomic E-state index is 0.0361. The van der Waals surface area contributed by atoms with E-state index in [0.29, 0.717) is 13.1 Å². The number of anilines is 2. The molecule has 0 spiro atoms. The lowest BCUT2D eigenvalue weighted by atomic mass is 10.0. The Morgan fingerprint density at radius 2 is 1.92 bits per heavy atom. The number of unbranched alkanes of at least 4 members (excludes halogenated alkanes) is 1. The third-order valence-corrected chi connectivity index (χ3v) is 6.47. The summed E-state index contributed by atoms with van der Waals surface area (Å²) in [5.41, 5.74) is -1.27. The summed E-state index contributed by atoms with van der Waals surface area (Å²) in [5, 5.41) is 5.72. The molecule has 7 nitrogen and oxygen atoms in total. The number of alkyl halides is 3. The van der Waals surface area contributed by atoms with Gasteiger partial charge in [-0.25, -0.2) is 4.39 Å². The summed E-state index contributed by atoms with van der Waals surface area (Å²) >= 11 is 0. The van der Waals surface area contributed by atoms with Crippen LogP contribution in [0.1, 0.15) is 25.3 Å². The van der Waals surface area contributed by atoms with E-state index in [-0.39, 0.29) is 42.0 Å². The molecule has 2 N–H and O–H groups in total. The first-order valence-corrected chi connectivity index (χ1v) is 12.8. The average molecular weight is 550 g/mol. The van der Waals surface area contributed by atoms with E-state index in [0.717, 1.165) is 25.0 Å². The second-order valence-electron chi connectivity index (χ2n) is 9.26. The zero-order chi connectivity index (χ0) is 28.6. The summed E-state index contributed by atoms with van der Waals surface area (Å²) in [5.74, 6) is -2.32. The highest BCUT2D eigenvalue weighted by molar-refractivity contribution is 6.47. The number of hydrogen-bond acceptors (Lipinski definition) is 6. The normalized spacial score (nSPS) is 17.1. The molecule has 2 aromatic rings. The zero-order valence-electron chi connectivity index (χ0n) is 22.6. The minimum Gasteiger partial charge on any atom is -0.454 e. The molecule has 1 amide bonds. The number of piperazine rings is 1. The lowest BCUT2D eigenvalue weighted by molar-refractivity contribution is -0.138. The molecule has 1 heterocycles. The second-order valence-corrected chi connectivity index (χ2v) is 9.26. The van der Waals surface area contributed by atoms with Gasteiger partial charge in [-0.05, 0) is 50.9 Å². The maximum atomic E-state index is 14.8. The Morgan fingerprint density at radius 1 is 1.18 bits per heavy atom. The number of allylic oxidation sites excluding steroid dienone is 1. The average Bonchev–Trinajstić information content (AvgIpc) is 2.89. The van der Waals surface area contributed by atoms with Crippen LogP contribution >= 0.6 is 0 Å². The van der Waals surface area contributed by atoms with Crippen LogP contribution in [0.25, 0.3) is 0 Å². The standard InChI is InChI=1S/C28H35F4N5O2/c1-5-6-7-11-22(34-3)27(38)35-21-13-14-24(39-23-12-9-8-10-20(23)29)25(28(30,31)32)26(21)37-16-15-36(4)19(18-37)17-33-2/h7-14,19,33H,5-6,15-18H2,1-4H3,(H,35,38)/b11-7-,34-22+/t19-/m0/s1. The molecule has 0 aromatic heterocycles. The van der Waals surface area contributed by atoms with Crippen LogP contribution in [-0.2, 0) is 11.0 Å². The van der Waals surface area contributed by atoms with Gasteiger partial charge in [-0.2, -0.15) is 13.2 Å². The Hall–Kier alpha value is -3.44. The van der Waals surface area contributed by atoms with Gasteiger partial charge in [-0.3, -0.25) is 14.7 Å². The largest absolute Gasteiger partial charge is 0.454 e. The number of carbonyl (C=O) groups excluding carboxylic acids is 1. The number of amides is 1. The van der Waals surface area contributed by atoms with E-state index in [4.69, 9.17) is 4.74 Å². The lowest BCUT2D eigenvalue weighted by Crippen LogP contribution is -2.55. The smallest absolute Gasteiger partial charge is 0.422 e. The topological polar surface area (TPSA) is 69.2 Å². The molecule has 1 atom stereocenters. The number of nitrogens with one attached hydrogen (secondary N) is 2. The van der Waals surface area contributed by atoms with Crippen LogP contribution in [-0.4, -0.2) is 69.9 Å². The fraction of sp³-hybridized carbons (Fsp3) is 0.429. The predicted octanol–water partition coefficient (Wildman–Crippen LogP) is 5.34. The highest BCUT2D eigenvalue weighted by Gasteiger charge is 2.42. The van der Waals surface area contributed by atoms with Gasteiger partial charge in [0.2, 0.25) is 0 Å². The lowest BCUT2D eigenvalue weighted by Gasteiger charge is -2.42. The molecule has 1 saturated heterocycles. The number of para-hydroxylation sites is 1. The Labute approximate surface area is 226 Å². The van der Waals surface area contributed by atoms with Gasteiger partial charge in [-0.1, -0.05) is 31.6 Å². The van der Waals surface area contributed by atoms with Crippen molar-refractivity contribution in [2.24, 2.45) is 4.99 Å². The first-order chi connectivity index (χ1) is 18.6. The van der Waals surface area contributed by atoms with Crippen molar-refractivity contribution < 1.29 is 27.1 Å². The molecule has 0 aliphatic carbocycles. The van der Waals surface area contributed by atoms with Gasteiger partial charge in [0.25, 0.3) is 5.91 Å². The van der Waals surface area contributed by atoms with Gasteiger partial charge in [0.15, 0.2) is 11.6 Å². The van der Waals surface area contributed by atoms with Gasteiger partial charge in [-0.15, -0.1) is 0 Å². The monoisotopic (exact) mass is 549 g/mol. The molecule has 1 fully saturated rings. The molecule has 0 unspecified atom stereocenters. The molecule has 0 radical (unpaired) electrons. The fourth-order valence-electron chi connectivity index (χ4n) is 4.41. The van der Waals surface area contributed by atoms with E-state index in [9.17, 15) is 22.4 Å². The van der Waals surface area contributed by atoms with Crippen LogP contribution in [0.3, 0.4) is 0 Å². The summed E-state index contributed by atoms with van der Waals surface area (Å²) in [6.45, 7) is 3.57.